The van der Waals surface area contributed by atoms with E-state index in [1.807, 2.05) is 34.6 Å². The summed E-state index contributed by atoms with van der Waals surface area (Å²) in [5, 5.41) is 69.4. The fourth-order valence-corrected chi connectivity index (χ4v) is 11.3. The highest BCUT2D eigenvalue weighted by atomic mass is 16.7. The van der Waals surface area contributed by atoms with Crippen molar-refractivity contribution in [3.05, 3.63) is 0 Å². The van der Waals surface area contributed by atoms with Crippen LogP contribution < -0.4 is 5.32 Å². The molecule has 0 radical (unpaired) electrons. The normalized spacial score (nSPS) is 37.7. The molecule has 0 amide bonds. The van der Waals surface area contributed by atoms with Crippen LogP contribution in [0.4, 0.5) is 0 Å². The number of quaternary nitrogens is 4. The van der Waals surface area contributed by atoms with Crippen molar-refractivity contribution >= 4 is 0 Å². The number of aliphatic hydroxyl groups excluding tert-OH is 7. The van der Waals surface area contributed by atoms with Crippen LogP contribution in [0.1, 0.15) is 142 Å². The second kappa shape index (κ2) is 27.2. The molecule has 0 aliphatic carbocycles. The molecule has 6 bridgehead atoms. The molecule has 65 heavy (non-hydrogen) atoms. The first kappa shape index (κ1) is 60.6. The molecule has 14 heteroatoms. The van der Waals surface area contributed by atoms with Gasteiger partial charge in [-0.15, -0.1) is 0 Å². The Labute approximate surface area is 398 Å². The minimum Gasteiger partial charge on any atom is -0.390 e. The zero-order chi connectivity index (χ0) is 48.2. The van der Waals surface area contributed by atoms with Gasteiger partial charge in [0.2, 0.25) is 0 Å². The van der Waals surface area contributed by atoms with Gasteiger partial charge in [0.1, 0.15) is 69.8 Å². The van der Waals surface area contributed by atoms with Crippen molar-refractivity contribution in [2.75, 3.05) is 92.1 Å². The van der Waals surface area contributed by atoms with Crippen LogP contribution in [-0.2, 0) is 9.47 Å². The van der Waals surface area contributed by atoms with Gasteiger partial charge in [-0.05, 0) is 119 Å². The summed E-state index contributed by atoms with van der Waals surface area (Å²) in [5.41, 5.74) is 0. The van der Waals surface area contributed by atoms with Crippen LogP contribution in [-0.4, -0.2) is 231 Å². The number of hydrogen-bond acceptors (Lipinski definition) is 10. The Morgan fingerprint density at radius 1 is 0.538 bits per heavy atom. The lowest BCUT2D eigenvalue weighted by Gasteiger charge is -2.55. The third kappa shape index (κ3) is 16.8. The van der Waals surface area contributed by atoms with Gasteiger partial charge in [-0.3, -0.25) is 0 Å². The SMILES string of the molecule is C.CC(C)[N+]12CCC(CC1)CC2.CC(C)[N+]12CCC(CC1)CC2.CC(C)[N+]12CC[N+](C)(CC1)CC2.CC[C@@H](O)[C@@H](O)[C@H](O)[C@@H](O)CNC(C)C.CC[C@H]1O[C@H](OC(C)C)[C@@H](O)[C@@H](O)[C@@H]1O. The molecule has 0 aromatic heterocycles. The molecule has 10 rings (SSSR count). The van der Waals surface area contributed by atoms with Crippen molar-refractivity contribution in [2.24, 2.45) is 11.8 Å². The topological polar surface area (TPSA) is 172 Å². The van der Waals surface area contributed by atoms with Crippen LogP contribution in [0.25, 0.3) is 0 Å². The summed E-state index contributed by atoms with van der Waals surface area (Å²) in [4.78, 5) is 0. The van der Waals surface area contributed by atoms with E-state index in [9.17, 15) is 35.7 Å². The predicted octanol–water partition coefficient (Wildman–Crippen LogP) is 3.84. The molecule has 0 aromatic carbocycles. The Morgan fingerprint density at radius 2 is 0.908 bits per heavy atom. The average Bonchev–Trinajstić information content (AvgIpc) is 3.29. The molecule has 10 heterocycles. The molecule has 9 atom stereocenters. The maximum atomic E-state index is 9.61. The Balaban J connectivity index is 0.000000279. The standard InChI is InChI=1S/C10H22N2.C10H23NO4.2C10H20N.C10H20O5.CH4/c1-10(2)12-7-4-11(3,5-8-12)6-9-12;1-4-7(12)9(14)10(15)8(13)5-11-6(2)3;2*1-9(2)11-6-3-10(4-7-11)5-8-11;1-4-6-7(11)8(12)9(13)10(15-6)14-5(2)3;/h10H,4-9H2,1-3H3;6-15H,4-5H2,1-3H3;2*9-10H,3-8H2,1-2H3;5-13H,4H2,1-3H3;1H4/q+2;;2*+1;;/t;7-,8+,9-,10-;;;6-,7-,8+,9+,10+;/m.1..1./s1. The number of ether oxygens (including phenoxy) is 2. The number of aliphatic hydroxyl groups is 7. The number of fused-ring (bicyclic) bond motifs is 9. The van der Waals surface area contributed by atoms with E-state index in [2.05, 4.69) is 53.9 Å². The maximum Gasteiger partial charge on any atom is 0.186 e. The van der Waals surface area contributed by atoms with Gasteiger partial charge in [0, 0.05) is 12.6 Å². The van der Waals surface area contributed by atoms with Crippen molar-refractivity contribution in [1.82, 2.24) is 5.32 Å². The number of nitrogens with one attached hydrogen (secondary N) is 1. The largest absolute Gasteiger partial charge is 0.390 e. The monoisotopic (exact) mass is 936 g/mol. The van der Waals surface area contributed by atoms with Gasteiger partial charge in [-0.1, -0.05) is 35.1 Å². The molecule has 14 nitrogen and oxygen atoms in total. The van der Waals surface area contributed by atoms with Crippen LogP contribution in [0.2, 0.25) is 0 Å². The maximum absolute atomic E-state index is 9.61. The third-order valence-electron chi connectivity index (χ3n) is 17.2. The molecule has 0 saturated carbocycles. The minimum absolute atomic E-state index is 0. The van der Waals surface area contributed by atoms with Crippen molar-refractivity contribution in [2.45, 2.75) is 227 Å². The summed E-state index contributed by atoms with van der Waals surface area (Å²) in [6.45, 7) is 42.9. The van der Waals surface area contributed by atoms with E-state index in [0.29, 0.717) is 12.8 Å². The Kier molecular flexibility index (Phi) is 25.3. The molecule has 0 aromatic rings. The lowest BCUT2D eigenvalue weighted by molar-refractivity contribution is -1.08. The highest BCUT2D eigenvalue weighted by Crippen LogP contribution is 2.36. The third-order valence-corrected chi connectivity index (χ3v) is 17.2. The molecule has 10 fully saturated rings. The van der Waals surface area contributed by atoms with E-state index in [0.717, 1.165) is 30.0 Å². The minimum atomic E-state index is -1.33. The molecular formula is C51H109N5O9+4. The van der Waals surface area contributed by atoms with Crippen LogP contribution in [0, 0.1) is 11.8 Å². The van der Waals surface area contributed by atoms with Gasteiger partial charge in [-0.2, -0.15) is 0 Å². The molecule has 8 N–H and O–H groups in total. The lowest BCUT2D eigenvalue weighted by atomic mass is 9.84. The highest BCUT2D eigenvalue weighted by molar-refractivity contribution is 4.89. The Bertz CT molecular complexity index is 1200. The summed E-state index contributed by atoms with van der Waals surface area (Å²) < 4.78 is 16.3. The first-order chi connectivity index (χ1) is 29.9. The van der Waals surface area contributed by atoms with Gasteiger partial charge >= 0.3 is 0 Å². The summed E-state index contributed by atoms with van der Waals surface area (Å²) >= 11 is 0. The van der Waals surface area contributed by atoms with E-state index in [1.54, 1.807) is 6.92 Å². The molecule has 10 saturated heterocycles. The molecular weight excluding hydrogens is 827 g/mol. The van der Waals surface area contributed by atoms with Crippen LogP contribution in [0.3, 0.4) is 0 Å². The van der Waals surface area contributed by atoms with E-state index in [-0.39, 0.29) is 26.1 Å². The first-order valence-electron chi connectivity index (χ1n) is 26.1. The predicted molar refractivity (Wildman–Crippen MR) is 263 cm³/mol. The number of likely N-dealkylation sites (N-methyl/N-ethyl adjacent to an activating group) is 1. The van der Waals surface area contributed by atoms with Crippen LogP contribution in [0.15, 0.2) is 0 Å². The number of piperidine rings is 6. The fraction of sp³-hybridized carbons (Fsp3) is 1.00. The lowest BCUT2D eigenvalue weighted by Crippen LogP contribution is -2.75. The number of piperazine rings is 3. The van der Waals surface area contributed by atoms with Crippen molar-refractivity contribution in [3.63, 3.8) is 0 Å². The summed E-state index contributed by atoms with van der Waals surface area (Å²) in [6.07, 6.45) is 0.302. The zero-order valence-electron chi connectivity index (χ0n) is 43.3. The fourth-order valence-electron chi connectivity index (χ4n) is 11.3. The molecule has 0 spiro atoms. The number of hydrogen-bond donors (Lipinski definition) is 8. The van der Waals surface area contributed by atoms with E-state index >= 15 is 0 Å². The highest BCUT2D eigenvalue weighted by Gasteiger charge is 2.48. The number of rotatable bonds is 13. The van der Waals surface area contributed by atoms with E-state index in [4.69, 9.17) is 9.47 Å². The van der Waals surface area contributed by atoms with Gasteiger partial charge in [0.25, 0.3) is 0 Å². The Hall–Kier alpha value is -0.560. The molecule has 388 valence electrons. The smallest absolute Gasteiger partial charge is 0.186 e. The van der Waals surface area contributed by atoms with Crippen LogP contribution >= 0.6 is 0 Å². The van der Waals surface area contributed by atoms with Gasteiger partial charge in [-0.25, -0.2) is 0 Å². The molecule has 0 unspecified atom stereocenters. The molecule has 10 aliphatic heterocycles. The summed E-state index contributed by atoms with van der Waals surface area (Å²) in [5.74, 6) is 2.21. The second-order valence-electron chi connectivity index (χ2n) is 22.9. The Morgan fingerprint density at radius 3 is 1.22 bits per heavy atom. The van der Waals surface area contributed by atoms with E-state index in [1.165, 1.54) is 135 Å². The quantitative estimate of drug-likeness (QED) is 0.127. The summed E-state index contributed by atoms with van der Waals surface area (Å²) in [7, 11) is 2.42. The average molecular weight is 936 g/mol. The van der Waals surface area contributed by atoms with Gasteiger partial charge in [0.05, 0.1) is 88.9 Å². The summed E-state index contributed by atoms with van der Waals surface area (Å²) in [6, 6.07) is 2.78. The van der Waals surface area contributed by atoms with Gasteiger partial charge in [0.15, 0.2) is 6.29 Å². The first-order valence-corrected chi connectivity index (χ1v) is 26.1. The second-order valence-corrected chi connectivity index (χ2v) is 22.9. The van der Waals surface area contributed by atoms with Crippen molar-refractivity contribution in [3.8, 4) is 0 Å². The van der Waals surface area contributed by atoms with Crippen LogP contribution in [0.5, 0.6) is 0 Å². The van der Waals surface area contributed by atoms with E-state index < -0.39 is 55.1 Å². The molecule has 10 aliphatic rings. The van der Waals surface area contributed by atoms with Crippen molar-refractivity contribution in [1.29, 1.82) is 0 Å². The zero-order valence-corrected chi connectivity index (χ0v) is 43.3. The van der Waals surface area contributed by atoms with Gasteiger partial charge < -0.3 is 68.5 Å². The number of nitrogens with zero attached hydrogens (tertiary/aromatic N) is 4. The van der Waals surface area contributed by atoms with Crippen molar-refractivity contribution < 1.29 is 63.2 Å².